The molecule has 3 rings (SSSR count). The Hall–Kier alpha value is -1.85. The molecule has 0 amide bonds. The summed E-state index contributed by atoms with van der Waals surface area (Å²) in [6, 6.07) is 0.687. The summed E-state index contributed by atoms with van der Waals surface area (Å²) in [7, 11) is 1.97. The standard InChI is InChI=1S/C13H20N6/c1-10(12-17-15-9-18(12)2)19-8-7-14-13(19)16-11-5-3-4-6-11/h7-11H,3-6H2,1-2H3,(H,14,16). The van der Waals surface area contributed by atoms with E-state index in [0.717, 1.165) is 11.8 Å². The van der Waals surface area contributed by atoms with Crippen LogP contribution in [0.15, 0.2) is 18.7 Å². The van der Waals surface area contributed by atoms with Gasteiger partial charge in [-0.1, -0.05) is 12.8 Å². The summed E-state index contributed by atoms with van der Waals surface area (Å²) in [4.78, 5) is 4.43. The van der Waals surface area contributed by atoms with Crippen LogP contribution in [-0.4, -0.2) is 30.4 Å². The first-order chi connectivity index (χ1) is 9.25. The summed E-state index contributed by atoms with van der Waals surface area (Å²) in [5.74, 6) is 1.87. The molecule has 0 bridgehead atoms. The van der Waals surface area contributed by atoms with Crippen LogP contribution >= 0.6 is 0 Å². The summed E-state index contributed by atoms with van der Waals surface area (Å²) in [6.45, 7) is 2.12. The molecule has 6 nitrogen and oxygen atoms in total. The molecule has 2 aromatic heterocycles. The van der Waals surface area contributed by atoms with Crippen molar-refractivity contribution in [1.82, 2.24) is 24.3 Å². The van der Waals surface area contributed by atoms with Gasteiger partial charge >= 0.3 is 0 Å². The number of nitrogens with zero attached hydrogens (tertiary/aromatic N) is 5. The smallest absolute Gasteiger partial charge is 0.203 e. The zero-order valence-electron chi connectivity index (χ0n) is 11.5. The minimum atomic E-state index is 0.124. The number of hydrogen-bond acceptors (Lipinski definition) is 4. The van der Waals surface area contributed by atoms with E-state index < -0.39 is 0 Å². The van der Waals surface area contributed by atoms with E-state index in [9.17, 15) is 0 Å². The normalized spacial score (nSPS) is 17.8. The van der Waals surface area contributed by atoms with Crippen molar-refractivity contribution in [3.63, 3.8) is 0 Å². The van der Waals surface area contributed by atoms with Gasteiger partial charge < -0.3 is 14.5 Å². The van der Waals surface area contributed by atoms with Crippen molar-refractivity contribution < 1.29 is 0 Å². The molecule has 19 heavy (non-hydrogen) atoms. The Morgan fingerprint density at radius 1 is 1.37 bits per heavy atom. The number of aromatic nitrogens is 5. The van der Waals surface area contributed by atoms with E-state index in [1.165, 1.54) is 25.7 Å². The Labute approximate surface area is 112 Å². The fourth-order valence-electron chi connectivity index (χ4n) is 2.78. The number of nitrogens with one attached hydrogen (secondary N) is 1. The van der Waals surface area contributed by atoms with Gasteiger partial charge in [0.25, 0.3) is 0 Å². The van der Waals surface area contributed by atoms with Crippen LogP contribution in [0.1, 0.15) is 44.5 Å². The highest BCUT2D eigenvalue weighted by Crippen LogP contribution is 2.24. The van der Waals surface area contributed by atoms with E-state index in [1.807, 2.05) is 24.0 Å². The van der Waals surface area contributed by atoms with Crippen LogP contribution in [0.2, 0.25) is 0 Å². The lowest BCUT2D eigenvalue weighted by molar-refractivity contribution is 0.572. The van der Waals surface area contributed by atoms with Crippen molar-refractivity contribution in [2.24, 2.45) is 7.05 Å². The van der Waals surface area contributed by atoms with Crippen LogP contribution in [0.3, 0.4) is 0 Å². The van der Waals surface area contributed by atoms with Crippen molar-refractivity contribution >= 4 is 5.95 Å². The van der Waals surface area contributed by atoms with Crippen molar-refractivity contribution in [2.75, 3.05) is 5.32 Å². The average Bonchev–Trinajstić information content (AvgIpc) is 3.10. The maximum Gasteiger partial charge on any atom is 0.203 e. The molecule has 1 N–H and O–H groups in total. The van der Waals surface area contributed by atoms with Gasteiger partial charge in [0, 0.05) is 25.5 Å². The Bertz CT molecular complexity index is 537. The van der Waals surface area contributed by atoms with Crippen LogP contribution in [0.25, 0.3) is 0 Å². The van der Waals surface area contributed by atoms with Crippen LogP contribution in [-0.2, 0) is 7.05 Å². The van der Waals surface area contributed by atoms with Crippen molar-refractivity contribution in [1.29, 1.82) is 0 Å². The van der Waals surface area contributed by atoms with Crippen LogP contribution < -0.4 is 5.32 Å². The molecule has 0 spiro atoms. The predicted octanol–water partition coefficient (Wildman–Crippen LogP) is 1.98. The lowest BCUT2D eigenvalue weighted by Gasteiger charge is -2.18. The summed E-state index contributed by atoms with van der Waals surface area (Å²) < 4.78 is 4.08. The minimum Gasteiger partial charge on any atom is -0.353 e. The van der Waals surface area contributed by atoms with Gasteiger partial charge in [0.15, 0.2) is 5.82 Å². The third-order valence-electron chi connectivity index (χ3n) is 3.89. The molecule has 1 atom stereocenters. The largest absolute Gasteiger partial charge is 0.353 e. The molecule has 2 aromatic rings. The van der Waals surface area contributed by atoms with E-state index in [-0.39, 0.29) is 6.04 Å². The summed E-state index contributed by atoms with van der Waals surface area (Å²) in [5.41, 5.74) is 0. The van der Waals surface area contributed by atoms with Gasteiger partial charge in [-0.3, -0.25) is 0 Å². The van der Waals surface area contributed by atoms with Gasteiger partial charge in [-0.2, -0.15) is 0 Å². The van der Waals surface area contributed by atoms with E-state index >= 15 is 0 Å². The molecule has 1 aliphatic carbocycles. The molecule has 1 fully saturated rings. The third kappa shape index (κ3) is 2.34. The average molecular weight is 260 g/mol. The van der Waals surface area contributed by atoms with E-state index in [2.05, 4.69) is 32.0 Å². The molecule has 1 unspecified atom stereocenters. The molecule has 1 saturated carbocycles. The zero-order chi connectivity index (χ0) is 13.2. The number of imidazole rings is 1. The summed E-state index contributed by atoms with van der Waals surface area (Å²) in [6.07, 6.45) is 10.7. The Balaban J connectivity index is 1.81. The molecular formula is C13H20N6. The summed E-state index contributed by atoms with van der Waals surface area (Å²) >= 11 is 0. The molecule has 2 heterocycles. The molecule has 1 aliphatic rings. The van der Waals surface area contributed by atoms with E-state index in [4.69, 9.17) is 0 Å². The molecule has 6 heteroatoms. The number of anilines is 1. The molecular weight excluding hydrogens is 240 g/mol. The zero-order valence-corrected chi connectivity index (χ0v) is 11.5. The third-order valence-corrected chi connectivity index (χ3v) is 3.89. The summed E-state index contributed by atoms with van der Waals surface area (Å²) in [5, 5.41) is 11.7. The lowest BCUT2D eigenvalue weighted by atomic mass is 10.2. The van der Waals surface area contributed by atoms with Gasteiger partial charge in [0.05, 0.1) is 6.04 Å². The Morgan fingerprint density at radius 3 is 2.84 bits per heavy atom. The van der Waals surface area contributed by atoms with Crippen LogP contribution in [0.4, 0.5) is 5.95 Å². The molecule has 0 radical (unpaired) electrons. The highest BCUT2D eigenvalue weighted by molar-refractivity contribution is 5.29. The topological polar surface area (TPSA) is 60.6 Å². The van der Waals surface area contributed by atoms with E-state index in [1.54, 1.807) is 6.33 Å². The highest BCUT2D eigenvalue weighted by Gasteiger charge is 2.20. The number of rotatable bonds is 4. The fraction of sp³-hybridized carbons (Fsp3) is 0.615. The number of aryl methyl sites for hydroxylation is 1. The Morgan fingerprint density at radius 2 is 2.16 bits per heavy atom. The lowest BCUT2D eigenvalue weighted by Crippen LogP contribution is -2.20. The highest BCUT2D eigenvalue weighted by atomic mass is 15.3. The van der Waals surface area contributed by atoms with Crippen LogP contribution in [0, 0.1) is 0 Å². The molecule has 0 aliphatic heterocycles. The van der Waals surface area contributed by atoms with Gasteiger partial charge in [0.1, 0.15) is 6.33 Å². The second kappa shape index (κ2) is 5.03. The molecule has 102 valence electrons. The van der Waals surface area contributed by atoms with Crippen molar-refractivity contribution in [2.45, 2.75) is 44.7 Å². The van der Waals surface area contributed by atoms with Gasteiger partial charge in [-0.25, -0.2) is 4.98 Å². The van der Waals surface area contributed by atoms with Crippen molar-refractivity contribution in [3.8, 4) is 0 Å². The second-order valence-electron chi connectivity index (χ2n) is 5.26. The van der Waals surface area contributed by atoms with Gasteiger partial charge in [-0.15, -0.1) is 10.2 Å². The second-order valence-corrected chi connectivity index (χ2v) is 5.26. The maximum absolute atomic E-state index is 4.43. The quantitative estimate of drug-likeness (QED) is 0.913. The predicted molar refractivity (Wildman–Crippen MR) is 72.9 cm³/mol. The van der Waals surface area contributed by atoms with Crippen LogP contribution in [0.5, 0.6) is 0 Å². The first kappa shape index (κ1) is 12.2. The van der Waals surface area contributed by atoms with Gasteiger partial charge in [-0.05, 0) is 19.8 Å². The van der Waals surface area contributed by atoms with Gasteiger partial charge in [0.2, 0.25) is 5.95 Å². The SMILES string of the molecule is CC(c1nncn1C)n1ccnc1NC1CCCC1. The fourth-order valence-corrected chi connectivity index (χ4v) is 2.78. The number of hydrogen-bond donors (Lipinski definition) is 1. The first-order valence-corrected chi connectivity index (χ1v) is 6.89. The minimum absolute atomic E-state index is 0.124. The monoisotopic (exact) mass is 260 g/mol. The Kier molecular flexibility index (Phi) is 3.23. The maximum atomic E-state index is 4.43. The first-order valence-electron chi connectivity index (χ1n) is 6.89. The molecule has 0 aromatic carbocycles. The van der Waals surface area contributed by atoms with E-state index in [0.29, 0.717) is 6.04 Å². The van der Waals surface area contributed by atoms with Crippen molar-refractivity contribution in [3.05, 3.63) is 24.5 Å². The molecule has 0 saturated heterocycles.